The van der Waals surface area contributed by atoms with Crippen LogP contribution in [0.1, 0.15) is 11.7 Å². The zero-order valence-electron chi connectivity index (χ0n) is 10.9. The topological polar surface area (TPSA) is 101 Å². The zero-order valence-corrected chi connectivity index (χ0v) is 11.7. The largest absolute Gasteiger partial charge is 0.480 e. The first-order valence-electron chi connectivity index (χ1n) is 6.19. The van der Waals surface area contributed by atoms with Crippen molar-refractivity contribution in [3.8, 4) is 0 Å². The Morgan fingerprint density at radius 2 is 2.24 bits per heavy atom. The van der Waals surface area contributed by atoms with Crippen LogP contribution in [0.2, 0.25) is 0 Å². The van der Waals surface area contributed by atoms with Gasteiger partial charge in [0, 0.05) is 28.8 Å². The van der Waals surface area contributed by atoms with E-state index in [4.69, 9.17) is 10.8 Å². The second-order valence-electron chi connectivity index (χ2n) is 4.42. The van der Waals surface area contributed by atoms with Crippen molar-refractivity contribution < 1.29 is 9.90 Å². The van der Waals surface area contributed by atoms with Crippen LogP contribution in [0.25, 0.3) is 10.8 Å². The minimum atomic E-state index is -1.11. The van der Waals surface area contributed by atoms with Crippen LogP contribution in [0, 0.1) is 0 Å². The average molecular weight is 300 g/mol. The van der Waals surface area contributed by atoms with Gasteiger partial charge in [-0.25, -0.2) is 4.98 Å². The molecule has 0 amide bonds. The molecule has 3 aromatic rings. The number of nitrogens with zero attached hydrogens (tertiary/aromatic N) is 2. The second-order valence-corrected chi connectivity index (χ2v) is 5.28. The lowest BCUT2D eigenvalue weighted by Gasteiger charge is -2.06. The van der Waals surface area contributed by atoms with Crippen molar-refractivity contribution >= 4 is 38.9 Å². The lowest BCUT2D eigenvalue weighted by atomic mass is 10.1. The first-order chi connectivity index (χ1) is 10.1. The van der Waals surface area contributed by atoms with Gasteiger partial charge in [0.15, 0.2) is 5.13 Å². The molecule has 0 saturated carbocycles. The van der Waals surface area contributed by atoms with Crippen molar-refractivity contribution in [2.75, 3.05) is 5.32 Å². The van der Waals surface area contributed by atoms with E-state index >= 15 is 0 Å². The molecule has 0 aliphatic rings. The highest BCUT2D eigenvalue weighted by Crippen LogP contribution is 2.28. The summed E-state index contributed by atoms with van der Waals surface area (Å²) in [7, 11) is 0. The number of hydrogen-bond acceptors (Lipinski definition) is 6. The molecule has 2 aromatic heterocycles. The molecule has 0 spiro atoms. The molecular formula is C14H12N4O2S. The number of aromatic nitrogens is 2. The molecule has 1 atom stereocenters. The molecular weight excluding hydrogens is 288 g/mol. The van der Waals surface area contributed by atoms with Crippen LogP contribution in [-0.2, 0) is 4.79 Å². The maximum absolute atomic E-state index is 10.9. The summed E-state index contributed by atoms with van der Waals surface area (Å²) in [6.45, 7) is 0. The van der Waals surface area contributed by atoms with Gasteiger partial charge in [-0.15, -0.1) is 11.3 Å². The molecule has 1 unspecified atom stereocenters. The summed E-state index contributed by atoms with van der Waals surface area (Å²) in [4.78, 5) is 19.2. The van der Waals surface area contributed by atoms with Crippen LogP contribution >= 0.6 is 11.3 Å². The highest BCUT2D eigenvalue weighted by atomic mass is 32.1. The number of nitrogens with two attached hydrogens (primary N) is 1. The Kier molecular flexibility index (Phi) is 3.51. The number of anilines is 2. The summed E-state index contributed by atoms with van der Waals surface area (Å²) in [6, 6.07) is 6.67. The number of aliphatic carboxylic acids is 1. The van der Waals surface area contributed by atoms with E-state index in [1.54, 1.807) is 17.8 Å². The van der Waals surface area contributed by atoms with Crippen LogP contribution in [0.4, 0.5) is 10.8 Å². The van der Waals surface area contributed by atoms with Gasteiger partial charge in [-0.2, -0.15) is 0 Å². The van der Waals surface area contributed by atoms with Crippen molar-refractivity contribution in [3.63, 3.8) is 0 Å². The molecule has 1 aromatic carbocycles. The van der Waals surface area contributed by atoms with E-state index in [1.807, 2.05) is 24.3 Å². The molecule has 7 heteroatoms. The van der Waals surface area contributed by atoms with Gasteiger partial charge in [-0.3, -0.25) is 9.78 Å². The number of nitrogens with one attached hydrogen (secondary N) is 1. The first-order valence-corrected chi connectivity index (χ1v) is 7.06. The van der Waals surface area contributed by atoms with Gasteiger partial charge in [0.25, 0.3) is 0 Å². The van der Waals surface area contributed by atoms with E-state index < -0.39 is 12.0 Å². The molecule has 0 aliphatic carbocycles. The highest BCUT2D eigenvalue weighted by Gasteiger charge is 2.17. The third-order valence-corrected chi connectivity index (χ3v) is 3.81. The van der Waals surface area contributed by atoms with Crippen molar-refractivity contribution in [1.82, 2.24) is 9.97 Å². The molecule has 2 heterocycles. The van der Waals surface area contributed by atoms with Gasteiger partial charge in [-0.05, 0) is 17.5 Å². The van der Waals surface area contributed by atoms with Crippen molar-refractivity contribution in [3.05, 3.63) is 47.7 Å². The fourth-order valence-corrected chi connectivity index (χ4v) is 2.71. The van der Waals surface area contributed by atoms with Crippen molar-refractivity contribution in [2.45, 2.75) is 6.04 Å². The third kappa shape index (κ3) is 2.69. The number of fused-ring (bicyclic) bond motifs is 1. The number of carbonyl (C=O) groups is 1. The van der Waals surface area contributed by atoms with Gasteiger partial charge in [0.1, 0.15) is 6.04 Å². The maximum Gasteiger partial charge on any atom is 0.326 e. The van der Waals surface area contributed by atoms with E-state index in [0.29, 0.717) is 10.8 Å². The fraction of sp³-hybridized carbons (Fsp3) is 0.0714. The molecule has 0 fully saturated rings. The van der Waals surface area contributed by atoms with Crippen LogP contribution < -0.4 is 11.1 Å². The Balaban J connectivity index is 1.91. The lowest BCUT2D eigenvalue weighted by Crippen LogP contribution is -2.20. The third-order valence-electron chi connectivity index (χ3n) is 3.03. The summed E-state index contributed by atoms with van der Waals surface area (Å²) >= 11 is 1.31. The smallest absolute Gasteiger partial charge is 0.326 e. The Morgan fingerprint density at radius 3 is 3.05 bits per heavy atom. The van der Waals surface area contributed by atoms with Gasteiger partial charge in [0.2, 0.25) is 0 Å². The van der Waals surface area contributed by atoms with Gasteiger partial charge in [0.05, 0.1) is 5.69 Å². The van der Waals surface area contributed by atoms with Gasteiger partial charge < -0.3 is 16.2 Å². The molecule has 0 bridgehead atoms. The number of benzene rings is 1. The number of hydrogen-bond donors (Lipinski definition) is 3. The van der Waals surface area contributed by atoms with Crippen LogP contribution in [0.3, 0.4) is 0 Å². The molecule has 0 aliphatic heterocycles. The Hall–Kier alpha value is -2.51. The monoisotopic (exact) mass is 300 g/mol. The maximum atomic E-state index is 10.9. The Morgan fingerprint density at radius 1 is 1.38 bits per heavy atom. The van der Waals surface area contributed by atoms with E-state index in [-0.39, 0.29) is 0 Å². The lowest BCUT2D eigenvalue weighted by molar-refractivity contribution is -0.138. The van der Waals surface area contributed by atoms with Crippen LogP contribution in [0.15, 0.2) is 42.0 Å². The minimum absolute atomic E-state index is 0.341. The number of carboxylic acids is 1. The fourth-order valence-electron chi connectivity index (χ4n) is 1.95. The van der Waals surface area contributed by atoms with E-state index in [9.17, 15) is 4.79 Å². The number of rotatable bonds is 4. The average Bonchev–Trinajstić information content (AvgIpc) is 2.95. The van der Waals surface area contributed by atoms with E-state index in [1.165, 1.54) is 11.3 Å². The summed E-state index contributed by atoms with van der Waals surface area (Å²) in [5, 5.41) is 16.3. The quantitative estimate of drug-likeness (QED) is 0.684. The first kappa shape index (κ1) is 13.5. The molecule has 3 rings (SSSR count). The van der Waals surface area contributed by atoms with Crippen molar-refractivity contribution in [2.24, 2.45) is 5.73 Å². The summed E-state index contributed by atoms with van der Waals surface area (Å²) < 4.78 is 0. The van der Waals surface area contributed by atoms with Gasteiger partial charge >= 0.3 is 5.97 Å². The predicted octanol–water partition coefficient (Wildman–Crippen LogP) is 2.52. The highest BCUT2D eigenvalue weighted by molar-refractivity contribution is 7.13. The molecule has 0 saturated heterocycles. The van der Waals surface area contributed by atoms with Crippen LogP contribution in [-0.4, -0.2) is 21.0 Å². The minimum Gasteiger partial charge on any atom is -0.480 e. The normalized spacial score (nSPS) is 12.2. The SMILES string of the molecule is NC(C(=O)O)c1csc(Nc2cccc3ccncc23)n1. The number of pyridine rings is 1. The molecule has 6 nitrogen and oxygen atoms in total. The predicted molar refractivity (Wildman–Crippen MR) is 81.7 cm³/mol. The van der Waals surface area contributed by atoms with Crippen molar-refractivity contribution in [1.29, 1.82) is 0 Å². The molecule has 106 valence electrons. The molecule has 21 heavy (non-hydrogen) atoms. The summed E-state index contributed by atoms with van der Waals surface area (Å²) in [6.07, 6.45) is 3.51. The van der Waals surface area contributed by atoms with Gasteiger partial charge in [-0.1, -0.05) is 12.1 Å². The Labute approximate surface area is 124 Å². The number of carboxylic acid groups (broad SMARTS) is 1. The standard InChI is InChI=1S/C14H12N4O2S/c15-12(13(19)20)11-7-21-14(18-11)17-10-3-1-2-8-4-5-16-6-9(8)10/h1-7,12H,15H2,(H,17,18)(H,19,20). The summed E-state index contributed by atoms with van der Waals surface area (Å²) in [5.74, 6) is -1.10. The summed E-state index contributed by atoms with van der Waals surface area (Å²) in [5.41, 5.74) is 6.75. The Bertz CT molecular complexity index is 797. The van der Waals surface area contributed by atoms with E-state index in [2.05, 4.69) is 15.3 Å². The zero-order chi connectivity index (χ0) is 14.8. The number of thiazole rings is 1. The van der Waals surface area contributed by atoms with Crippen LogP contribution in [0.5, 0.6) is 0 Å². The molecule has 4 N–H and O–H groups in total. The second kappa shape index (κ2) is 5.47. The molecule has 0 radical (unpaired) electrons. The van der Waals surface area contributed by atoms with E-state index in [0.717, 1.165) is 16.5 Å².